The van der Waals surface area contributed by atoms with Gasteiger partial charge in [0.1, 0.15) is 17.2 Å². The first kappa shape index (κ1) is 81.3. The molecule has 109 heavy (non-hydrogen) atoms. The van der Waals surface area contributed by atoms with Gasteiger partial charge in [-0.15, -0.1) is 0 Å². The number of nitriles is 1. The summed E-state index contributed by atoms with van der Waals surface area (Å²) in [5.41, 5.74) is 9.88. The van der Waals surface area contributed by atoms with Gasteiger partial charge >= 0.3 is 5.97 Å². The Kier molecular flexibility index (Phi) is 27.7. The molecule has 0 atom stereocenters. The standard InChI is InChI=1S/C26H27ClN6O4S.C22H16ClN5O3S.C22H17ClN4O5S.C4H12N2/c1-33(2)14-13-28-26(34)17-7-6-8-19(15-17)38(35,36)32-25-24(29-21-9-4-5-10-22(21)30-25)31-23-16-18(37-3)11-12-20(23)27;1-31-15-9-10-17(23)20(12-15)27-21-22(26-19-8-3-2-7-18(19)25-21)28-32(29,30)16-6-4-5-14(11-16)13-24;1-32-14-9-10-16(23)19(12-14)26-20-21(25-18-8-3-2-7-17(18)24-20)27-33(30,31)15-6-4-5-13(11-15)22(28)29;1-6(2)4-3-5/h4-12,15-16H,13-14H2,1-3H3,(H,28,34)(H,29,31)(H,30,32);2-12H,1H3,(H,25,27)(H,26,28);2-12H,1H3,(H,24,26)(H,25,27)(H,28,29);3-5H2,1-2H3. The summed E-state index contributed by atoms with van der Waals surface area (Å²) >= 11 is 18.9. The van der Waals surface area contributed by atoms with E-state index in [0.29, 0.717) is 95.6 Å². The second-order valence-electron chi connectivity index (χ2n) is 23.6. The number of ether oxygens (including phenoxy) is 3. The van der Waals surface area contributed by atoms with E-state index in [4.69, 9.17) is 60.0 Å². The van der Waals surface area contributed by atoms with E-state index in [1.807, 2.05) is 39.2 Å². The van der Waals surface area contributed by atoms with E-state index in [9.17, 15) is 39.9 Å². The lowest BCUT2D eigenvalue weighted by molar-refractivity contribution is 0.0696. The third-order valence-electron chi connectivity index (χ3n) is 15.2. The SMILES string of the molecule is CN(C)CCN.COc1ccc(Cl)c(Nc2nc3ccccc3nc2NS(=O)(=O)c2cccc(C#N)c2)c1.COc1ccc(Cl)c(Nc2nc3ccccc3nc2NS(=O)(=O)c2cccc(C(=O)NCCN(C)C)c2)c1.COc1ccc(Cl)c(Nc2nc3ccccc3nc2NS(=O)(=O)c2cccc(C(=O)O)c2)c1. The van der Waals surface area contributed by atoms with Gasteiger partial charge in [-0.2, -0.15) is 5.26 Å². The minimum atomic E-state index is -4.19. The van der Waals surface area contributed by atoms with Crippen LogP contribution >= 0.6 is 34.8 Å². The number of carboxylic acids is 1. The smallest absolute Gasteiger partial charge is 0.335 e. The number of halogens is 3. The lowest BCUT2D eigenvalue weighted by atomic mass is 10.2. The highest BCUT2D eigenvalue weighted by atomic mass is 35.5. The molecular formula is C74H72Cl3N17O12S3. The minimum Gasteiger partial charge on any atom is -0.497 e. The van der Waals surface area contributed by atoms with Crippen LogP contribution in [0.4, 0.5) is 52.0 Å². The van der Waals surface area contributed by atoms with Crippen LogP contribution in [-0.2, 0) is 30.1 Å². The summed E-state index contributed by atoms with van der Waals surface area (Å²) in [6.07, 6.45) is 0. The van der Waals surface area contributed by atoms with Crippen molar-refractivity contribution in [1.82, 2.24) is 45.0 Å². The Hall–Kier alpha value is -11.8. The molecule has 0 aliphatic heterocycles. The maximum absolute atomic E-state index is 13.4. The zero-order valence-electron chi connectivity index (χ0n) is 59.3. The van der Waals surface area contributed by atoms with Gasteiger partial charge in [0.2, 0.25) is 0 Å². The number of methoxy groups -OCH3 is 3. The second-order valence-corrected chi connectivity index (χ2v) is 29.9. The fourth-order valence-electron chi connectivity index (χ4n) is 9.68. The number of aromatic carboxylic acids is 1. The molecule has 0 saturated carbocycles. The molecule has 3 aromatic heterocycles. The maximum Gasteiger partial charge on any atom is 0.335 e. The zero-order valence-corrected chi connectivity index (χ0v) is 64.0. The molecule has 0 aliphatic rings. The summed E-state index contributed by atoms with van der Waals surface area (Å²) in [7, 11) is -0.0275. The van der Waals surface area contributed by atoms with Crippen LogP contribution in [0, 0.1) is 11.3 Å². The van der Waals surface area contributed by atoms with E-state index in [1.165, 1.54) is 82.0 Å². The lowest BCUT2D eigenvalue weighted by Gasteiger charge is -2.15. The molecule has 10 N–H and O–H groups in total. The number of hydrogen-bond acceptors (Lipinski definition) is 24. The second kappa shape index (κ2) is 37.2. The van der Waals surface area contributed by atoms with E-state index >= 15 is 0 Å². The number of nitrogens with one attached hydrogen (secondary N) is 7. The van der Waals surface area contributed by atoms with E-state index in [-0.39, 0.29) is 72.2 Å². The molecular weight excluding hydrogens is 1520 g/mol. The van der Waals surface area contributed by atoms with Crippen molar-refractivity contribution in [3.63, 3.8) is 0 Å². The van der Waals surface area contributed by atoms with E-state index in [1.54, 1.807) is 133 Å². The molecule has 29 nitrogen and oxygen atoms in total. The fourth-order valence-corrected chi connectivity index (χ4v) is 13.3. The average Bonchev–Trinajstić information content (AvgIpc) is 0.797. The number of para-hydroxylation sites is 6. The summed E-state index contributed by atoms with van der Waals surface area (Å²) in [6.45, 7) is 2.82. The van der Waals surface area contributed by atoms with Gasteiger partial charge in [0.25, 0.3) is 36.0 Å². The summed E-state index contributed by atoms with van der Waals surface area (Å²) in [4.78, 5) is 54.3. The zero-order chi connectivity index (χ0) is 78.6. The van der Waals surface area contributed by atoms with Crippen LogP contribution in [0.5, 0.6) is 17.2 Å². The molecule has 0 fully saturated rings. The Morgan fingerprint density at radius 1 is 0.440 bits per heavy atom. The molecule has 12 aromatic rings. The van der Waals surface area contributed by atoms with Crippen molar-refractivity contribution >= 4 is 162 Å². The fraction of sp³-hybridized carbons (Fsp3) is 0.149. The number of nitrogens with two attached hydrogens (primary N) is 1. The summed E-state index contributed by atoms with van der Waals surface area (Å²) in [5, 5.41) is 31.3. The van der Waals surface area contributed by atoms with Gasteiger partial charge in [0, 0.05) is 49.9 Å². The number of sulfonamides is 3. The van der Waals surface area contributed by atoms with Crippen molar-refractivity contribution in [3.05, 3.63) is 232 Å². The topological polar surface area (TPSA) is 402 Å². The molecule has 35 heteroatoms. The highest BCUT2D eigenvalue weighted by Gasteiger charge is 2.25. The molecule has 0 saturated heterocycles. The van der Waals surface area contributed by atoms with Crippen molar-refractivity contribution in [1.29, 1.82) is 5.26 Å². The normalized spacial score (nSPS) is 11.2. The maximum atomic E-state index is 13.4. The van der Waals surface area contributed by atoms with Crippen LogP contribution in [0.15, 0.2) is 215 Å². The van der Waals surface area contributed by atoms with Crippen LogP contribution in [0.1, 0.15) is 26.3 Å². The van der Waals surface area contributed by atoms with Crippen molar-refractivity contribution in [2.24, 2.45) is 5.73 Å². The first-order valence-electron chi connectivity index (χ1n) is 32.5. The van der Waals surface area contributed by atoms with Crippen LogP contribution in [0.25, 0.3) is 33.1 Å². The highest BCUT2D eigenvalue weighted by molar-refractivity contribution is 7.93. The van der Waals surface area contributed by atoms with Crippen molar-refractivity contribution in [3.8, 4) is 23.3 Å². The molecule has 1 amide bonds. The number of carboxylic acid groups (broad SMARTS) is 1. The Balaban J connectivity index is 0.000000182. The van der Waals surface area contributed by atoms with E-state index in [0.717, 1.165) is 19.2 Å². The number of nitrogens with zero attached hydrogens (tertiary/aromatic N) is 9. The number of rotatable bonds is 25. The first-order valence-corrected chi connectivity index (χ1v) is 38.1. The predicted molar refractivity (Wildman–Crippen MR) is 424 cm³/mol. The van der Waals surface area contributed by atoms with Crippen LogP contribution in [-0.4, -0.2) is 158 Å². The average molecular weight is 1590 g/mol. The van der Waals surface area contributed by atoms with Crippen molar-refractivity contribution < 1.29 is 54.2 Å². The van der Waals surface area contributed by atoms with Gasteiger partial charge in [0.05, 0.1) is 118 Å². The van der Waals surface area contributed by atoms with Crippen molar-refractivity contribution in [2.75, 3.05) is 106 Å². The number of carbonyl (C=O) groups is 2. The van der Waals surface area contributed by atoms with Gasteiger partial charge in [-0.3, -0.25) is 19.0 Å². The third kappa shape index (κ3) is 22.2. The molecule has 564 valence electrons. The Morgan fingerprint density at radius 3 is 1.07 bits per heavy atom. The van der Waals surface area contributed by atoms with Gasteiger partial charge in [-0.1, -0.05) is 89.4 Å². The monoisotopic (exact) mass is 1590 g/mol. The third-order valence-corrected chi connectivity index (χ3v) is 20.2. The van der Waals surface area contributed by atoms with Crippen molar-refractivity contribution in [2.45, 2.75) is 14.7 Å². The molecule has 12 rings (SSSR count). The number of aromatic nitrogens is 6. The first-order chi connectivity index (χ1) is 52.1. The molecule has 0 bridgehead atoms. The molecule has 9 aromatic carbocycles. The van der Waals surface area contributed by atoms with Crippen LogP contribution in [0.2, 0.25) is 15.1 Å². The number of benzene rings is 9. The van der Waals surface area contributed by atoms with Gasteiger partial charge in [-0.05, 0) is 156 Å². The molecule has 0 spiro atoms. The van der Waals surface area contributed by atoms with E-state index < -0.39 is 36.0 Å². The number of carbonyl (C=O) groups excluding carboxylic acids is 1. The van der Waals surface area contributed by atoms with E-state index in [2.05, 4.69) is 70.2 Å². The van der Waals surface area contributed by atoms with Gasteiger partial charge in [0.15, 0.2) is 34.9 Å². The number of hydrogen-bond donors (Lipinski definition) is 9. The lowest BCUT2D eigenvalue weighted by Crippen LogP contribution is -2.31. The largest absolute Gasteiger partial charge is 0.497 e. The predicted octanol–water partition coefficient (Wildman–Crippen LogP) is 12.9. The quantitative estimate of drug-likeness (QED) is 0.0257. The Bertz CT molecular complexity index is 5720. The summed E-state index contributed by atoms with van der Waals surface area (Å²) in [5.74, 6) is 0.261. The molecule has 0 unspecified atom stereocenters. The number of amides is 1. The summed E-state index contributed by atoms with van der Waals surface area (Å²) < 4.78 is 102. The van der Waals surface area contributed by atoms with Crippen LogP contribution < -0.4 is 55.4 Å². The molecule has 0 aliphatic carbocycles. The molecule has 0 radical (unpaired) electrons. The highest BCUT2D eigenvalue weighted by Crippen LogP contribution is 2.37. The minimum absolute atomic E-state index is 0.0232. The number of likely N-dealkylation sites (N-methyl/N-ethyl adjacent to an activating group) is 2. The van der Waals surface area contributed by atoms with Gasteiger partial charge < -0.3 is 56.1 Å². The number of fused-ring (bicyclic) bond motifs is 3. The van der Waals surface area contributed by atoms with Crippen LogP contribution in [0.3, 0.4) is 0 Å². The summed E-state index contributed by atoms with van der Waals surface area (Å²) in [6, 6.07) is 54.4. The Morgan fingerprint density at radius 2 is 0.761 bits per heavy atom. The number of anilines is 9. The Labute approximate surface area is 643 Å². The molecule has 3 heterocycles. The van der Waals surface area contributed by atoms with Gasteiger partial charge in [-0.25, -0.2) is 60.0 Å².